The third-order valence-corrected chi connectivity index (χ3v) is 5.81. The molecule has 2 atom stereocenters. The molecule has 0 radical (unpaired) electrons. The van der Waals surface area contributed by atoms with Gasteiger partial charge < -0.3 is 4.90 Å². The molecular weight excluding hydrogens is 322 g/mol. The molecule has 0 unspecified atom stereocenters. The van der Waals surface area contributed by atoms with Crippen LogP contribution in [0.4, 0.5) is 0 Å². The van der Waals surface area contributed by atoms with Crippen molar-refractivity contribution in [3.8, 4) is 0 Å². The molecule has 4 nitrogen and oxygen atoms in total. The van der Waals surface area contributed by atoms with Gasteiger partial charge in [0.05, 0.1) is 0 Å². The summed E-state index contributed by atoms with van der Waals surface area (Å²) in [5.74, 6) is 0.855. The SMILES string of the molecule is CC(=O)N1CCCN([C@@H]2CN(Cc3ccccc3Cl)C[C@@H]2C)CC1. The summed E-state index contributed by atoms with van der Waals surface area (Å²) in [4.78, 5) is 18.7. The smallest absolute Gasteiger partial charge is 0.219 e. The monoisotopic (exact) mass is 349 g/mol. The van der Waals surface area contributed by atoms with Gasteiger partial charge in [0.15, 0.2) is 0 Å². The number of benzene rings is 1. The van der Waals surface area contributed by atoms with Gasteiger partial charge in [0, 0.05) is 63.8 Å². The van der Waals surface area contributed by atoms with Crippen LogP contribution in [-0.4, -0.2) is 65.9 Å². The van der Waals surface area contributed by atoms with Crippen molar-refractivity contribution in [2.24, 2.45) is 5.92 Å². The first kappa shape index (κ1) is 17.7. The van der Waals surface area contributed by atoms with Crippen molar-refractivity contribution in [2.45, 2.75) is 32.9 Å². The fourth-order valence-corrected chi connectivity index (χ4v) is 4.30. The van der Waals surface area contributed by atoms with E-state index < -0.39 is 0 Å². The molecule has 5 heteroatoms. The number of hydrogen-bond donors (Lipinski definition) is 0. The van der Waals surface area contributed by atoms with Crippen LogP contribution >= 0.6 is 11.6 Å². The molecule has 1 aromatic carbocycles. The highest BCUT2D eigenvalue weighted by Gasteiger charge is 2.34. The molecule has 0 N–H and O–H groups in total. The van der Waals surface area contributed by atoms with Crippen LogP contribution in [0.15, 0.2) is 24.3 Å². The van der Waals surface area contributed by atoms with Gasteiger partial charge in [-0.1, -0.05) is 36.7 Å². The number of likely N-dealkylation sites (tertiary alicyclic amines) is 1. The summed E-state index contributed by atoms with van der Waals surface area (Å²) in [6.45, 7) is 11.0. The first-order chi connectivity index (χ1) is 11.5. The van der Waals surface area contributed by atoms with Crippen LogP contribution in [0.25, 0.3) is 0 Å². The molecule has 24 heavy (non-hydrogen) atoms. The lowest BCUT2D eigenvalue weighted by Gasteiger charge is -2.30. The standard InChI is InChI=1S/C19H28ClN3O/c1-15-12-21(13-17-6-3-4-7-18(17)20)14-19(15)23-9-5-8-22(10-11-23)16(2)24/h3-4,6-7,15,19H,5,8-14H2,1-2H3/t15-,19+/m0/s1. The minimum Gasteiger partial charge on any atom is -0.342 e. The average Bonchev–Trinajstić information content (AvgIpc) is 2.76. The van der Waals surface area contributed by atoms with E-state index in [9.17, 15) is 4.79 Å². The predicted molar refractivity (Wildman–Crippen MR) is 98.1 cm³/mol. The van der Waals surface area contributed by atoms with Crippen LogP contribution in [0.2, 0.25) is 5.02 Å². The molecular formula is C19H28ClN3O. The molecule has 0 aromatic heterocycles. The van der Waals surface area contributed by atoms with Gasteiger partial charge in [-0.3, -0.25) is 14.6 Å². The topological polar surface area (TPSA) is 26.8 Å². The lowest BCUT2D eigenvalue weighted by atomic mass is 10.0. The lowest BCUT2D eigenvalue weighted by molar-refractivity contribution is -0.128. The van der Waals surface area contributed by atoms with Crippen LogP contribution in [0.5, 0.6) is 0 Å². The molecule has 2 heterocycles. The van der Waals surface area contributed by atoms with Gasteiger partial charge >= 0.3 is 0 Å². The number of hydrogen-bond acceptors (Lipinski definition) is 3. The van der Waals surface area contributed by atoms with Gasteiger partial charge in [-0.05, 0) is 24.0 Å². The number of carbonyl (C=O) groups is 1. The van der Waals surface area contributed by atoms with Crippen molar-refractivity contribution in [2.75, 3.05) is 39.3 Å². The van der Waals surface area contributed by atoms with E-state index in [2.05, 4.69) is 28.9 Å². The minimum absolute atomic E-state index is 0.205. The van der Waals surface area contributed by atoms with E-state index >= 15 is 0 Å². The second-order valence-electron chi connectivity index (χ2n) is 7.23. The number of amides is 1. The van der Waals surface area contributed by atoms with E-state index in [0.717, 1.165) is 57.3 Å². The van der Waals surface area contributed by atoms with Crippen molar-refractivity contribution in [1.29, 1.82) is 0 Å². The van der Waals surface area contributed by atoms with Gasteiger partial charge in [0.1, 0.15) is 0 Å². The zero-order valence-corrected chi connectivity index (χ0v) is 15.5. The van der Waals surface area contributed by atoms with Gasteiger partial charge in [0.2, 0.25) is 5.91 Å². The maximum atomic E-state index is 11.6. The zero-order chi connectivity index (χ0) is 17.1. The molecule has 0 saturated carbocycles. The summed E-state index contributed by atoms with van der Waals surface area (Å²) in [5, 5.41) is 0.862. The van der Waals surface area contributed by atoms with Crippen LogP contribution in [0, 0.1) is 5.92 Å². The molecule has 0 spiro atoms. The molecule has 2 aliphatic heterocycles. The van der Waals surface area contributed by atoms with Crippen molar-refractivity contribution in [3.63, 3.8) is 0 Å². The summed E-state index contributed by atoms with van der Waals surface area (Å²) in [5.41, 5.74) is 1.21. The van der Waals surface area contributed by atoms with Crippen LogP contribution in [0.3, 0.4) is 0 Å². The third-order valence-electron chi connectivity index (χ3n) is 5.44. The van der Waals surface area contributed by atoms with Crippen molar-refractivity contribution >= 4 is 17.5 Å². The third kappa shape index (κ3) is 4.11. The highest BCUT2D eigenvalue weighted by atomic mass is 35.5. The summed E-state index contributed by atoms with van der Waals surface area (Å²) in [6, 6.07) is 8.72. The lowest BCUT2D eigenvalue weighted by Crippen LogP contribution is -2.42. The molecule has 1 amide bonds. The predicted octanol–water partition coefficient (Wildman–Crippen LogP) is 2.71. The van der Waals surface area contributed by atoms with Crippen molar-refractivity contribution < 1.29 is 4.79 Å². The molecule has 1 aromatic rings. The van der Waals surface area contributed by atoms with Crippen molar-refractivity contribution in [3.05, 3.63) is 34.9 Å². The number of rotatable bonds is 3. The Balaban J connectivity index is 1.59. The van der Waals surface area contributed by atoms with Crippen LogP contribution < -0.4 is 0 Å². The Morgan fingerprint density at radius 2 is 1.96 bits per heavy atom. The molecule has 0 aliphatic carbocycles. The molecule has 2 aliphatic rings. The Labute approximate surface area is 150 Å². The molecule has 2 saturated heterocycles. The Hall–Kier alpha value is -1.10. The number of halogens is 1. The molecule has 2 fully saturated rings. The zero-order valence-electron chi connectivity index (χ0n) is 14.7. The molecule has 0 bridgehead atoms. The van der Waals surface area contributed by atoms with E-state index in [1.165, 1.54) is 5.56 Å². The molecule has 3 rings (SSSR count). The first-order valence-corrected chi connectivity index (χ1v) is 9.37. The summed E-state index contributed by atoms with van der Waals surface area (Å²) in [7, 11) is 0. The number of nitrogens with zero attached hydrogens (tertiary/aromatic N) is 3. The van der Waals surface area contributed by atoms with Crippen LogP contribution in [0.1, 0.15) is 25.8 Å². The first-order valence-electron chi connectivity index (χ1n) is 9.00. The Morgan fingerprint density at radius 1 is 1.17 bits per heavy atom. The Morgan fingerprint density at radius 3 is 2.71 bits per heavy atom. The van der Waals surface area contributed by atoms with Gasteiger partial charge in [-0.25, -0.2) is 0 Å². The largest absolute Gasteiger partial charge is 0.342 e. The highest BCUT2D eigenvalue weighted by Crippen LogP contribution is 2.26. The normalized spacial score (nSPS) is 26.5. The maximum absolute atomic E-state index is 11.6. The van der Waals surface area contributed by atoms with Crippen LogP contribution in [-0.2, 0) is 11.3 Å². The molecule has 132 valence electrons. The Bertz CT molecular complexity index is 579. The van der Waals surface area contributed by atoms with Gasteiger partial charge in [-0.15, -0.1) is 0 Å². The van der Waals surface area contributed by atoms with Crippen molar-refractivity contribution in [1.82, 2.24) is 14.7 Å². The fourth-order valence-electron chi connectivity index (χ4n) is 4.10. The van der Waals surface area contributed by atoms with Gasteiger partial charge in [0.25, 0.3) is 0 Å². The summed E-state index contributed by atoms with van der Waals surface area (Å²) >= 11 is 6.32. The van der Waals surface area contributed by atoms with E-state index in [4.69, 9.17) is 11.6 Å². The average molecular weight is 350 g/mol. The van der Waals surface area contributed by atoms with E-state index in [0.29, 0.717) is 12.0 Å². The number of carbonyl (C=O) groups excluding carboxylic acids is 1. The summed E-state index contributed by atoms with van der Waals surface area (Å²) < 4.78 is 0. The van der Waals surface area contributed by atoms with E-state index in [1.54, 1.807) is 6.92 Å². The maximum Gasteiger partial charge on any atom is 0.219 e. The highest BCUT2D eigenvalue weighted by molar-refractivity contribution is 6.31. The summed E-state index contributed by atoms with van der Waals surface area (Å²) in [6.07, 6.45) is 1.08. The van der Waals surface area contributed by atoms with E-state index in [-0.39, 0.29) is 5.91 Å². The second-order valence-corrected chi connectivity index (χ2v) is 7.63. The second kappa shape index (κ2) is 7.85. The van der Waals surface area contributed by atoms with Gasteiger partial charge in [-0.2, -0.15) is 0 Å². The van der Waals surface area contributed by atoms with E-state index in [1.807, 2.05) is 17.0 Å². The Kier molecular flexibility index (Phi) is 5.80. The quantitative estimate of drug-likeness (QED) is 0.839. The fraction of sp³-hybridized carbons (Fsp3) is 0.632. The minimum atomic E-state index is 0.205.